The molecule has 2 rings (SSSR count). The minimum atomic E-state index is -5.61. The summed E-state index contributed by atoms with van der Waals surface area (Å²) in [5.41, 5.74) is -7.76. The SMILES string of the molecule is O=C1CCc2cc([N+](=O)[O-])c(C(F)(F)F)c(C(F)(F)F)c2N1. The van der Waals surface area contributed by atoms with E-state index in [0.29, 0.717) is 6.07 Å². The van der Waals surface area contributed by atoms with Crippen molar-refractivity contribution in [2.75, 3.05) is 5.32 Å². The first-order valence-electron chi connectivity index (χ1n) is 5.71. The fourth-order valence-electron chi connectivity index (χ4n) is 2.23. The Balaban J connectivity index is 2.93. The number of nitrogens with one attached hydrogen (secondary N) is 1. The van der Waals surface area contributed by atoms with Gasteiger partial charge in [0, 0.05) is 12.5 Å². The van der Waals surface area contributed by atoms with Gasteiger partial charge >= 0.3 is 12.4 Å². The number of fused-ring (bicyclic) bond motifs is 1. The van der Waals surface area contributed by atoms with Crippen molar-refractivity contribution < 1.29 is 36.1 Å². The largest absolute Gasteiger partial charge is 0.423 e. The van der Waals surface area contributed by atoms with Crippen LogP contribution in [0.4, 0.5) is 37.7 Å². The summed E-state index contributed by atoms with van der Waals surface area (Å²) >= 11 is 0. The normalized spacial score (nSPS) is 15.3. The Morgan fingerprint density at radius 3 is 2.05 bits per heavy atom. The van der Waals surface area contributed by atoms with E-state index in [-0.39, 0.29) is 18.4 Å². The molecule has 0 aromatic heterocycles. The van der Waals surface area contributed by atoms with Gasteiger partial charge in [-0.3, -0.25) is 14.9 Å². The molecule has 120 valence electrons. The lowest BCUT2D eigenvalue weighted by molar-refractivity contribution is -0.388. The molecule has 11 heteroatoms. The van der Waals surface area contributed by atoms with E-state index < -0.39 is 45.7 Å². The van der Waals surface area contributed by atoms with E-state index in [1.807, 2.05) is 0 Å². The number of anilines is 1. The molecule has 1 N–H and O–H groups in total. The number of hydrogen-bond acceptors (Lipinski definition) is 3. The zero-order valence-electron chi connectivity index (χ0n) is 10.4. The first kappa shape index (κ1) is 16.0. The van der Waals surface area contributed by atoms with E-state index in [0.717, 1.165) is 0 Å². The number of nitro groups is 1. The monoisotopic (exact) mass is 328 g/mol. The van der Waals surface area contributed by atoms with E-state index in [1.165, 1.54) is 0 Å². The molecule has 0 fully saturated rings. The molecule has 0 saturated heterocycles. The van der Waals surface area contributed by atoms with Crippen molar-refractivity contribution in [3.63, 3.8) is 0 Å². The van der Waals surface area contributed by atoms with Gasteiger partial charge in [0.25, 0.3) is 5.69 Å². The van der Waals surface area contributed by atoms with Crippen LogP contribution in [0.3, 0.4) is 0 Å². The summed E-state index contributed by atoms with van der Waals surface area (Å²) in [6.07, 6.45) is -11.7. The third kappa shape index (κ3) is 2.70. The predicted octanol–water partition coefficient (Wildman–Crippen LogP) is 3.52. The third-order valence-electron chi connectivity index (χ3n) is 3.04. The molecule has 0 atom stereocenters. The summed E-state index contributed by atoms with van der Waals surface area (Å²) in [6, 6.07) is 0.423. The van der Waals surface area contributed by atoms with Crippen LogP contribution in [0.5, 0.6) is 0 Å². The van der Waals surface area contributed by atoms with Gasteiger partial charge < -0.3 is 5.32 Å². The van der Waals surface area contributed by atoms with Gasteiger partial charge in [-0.25, -0.2) is 0 Å². The third-order valence-corrected chi connectivity index (χ3v) is 3.04. The molecule has 0 radical (unpaired) electrons. The Morgan fingerprint density at radius 1 is 1.05 bits per heavy atom. The van der Waals surface area contributed by atoms with Crippen LogP contribution in [-0.4, -0.2) is 10.8 Å². The zero-order valence-corrected chi connectivity index (χ0v) is 10.4. The maximum atomic E-state index is 13.1. The van der Waals surface area contributed by atoms with Crippen LogP contribution < -0.4 is 5.32 Å². The smallest absolute Gasteiger partial charge is 0.325 e. The number of hydrogen-bond donors (Lipinski definition) is 1. The lowest BCUT2D eigenvalue weighted by atomic mass is 9.92. The molecule has 1 amide bonds. The van der Waals surface area contributed by atoms with Crippen molar-refractivity contribution in [2.24, 2.45) is 0 Å². The highest BCUT2D eigenvalue weighted by atomic mass is 19.4. The molecule has 0 aliphatic carbocycles. The molecule has 1 aromatic rings. The maximum absolute atomic E-state index is 13.1. The number of halogens is 6. The predicted molar refractivity (Wildman–Crippen MR) is 60.1 cm³/mol. The van der Waals surface area contributed by atoms with Gasteiger partial charge in [-0.2, -0.15) is 26.3 Å². The van der Waals surface area contributed by atoms with Gasteiger partial charge in [-0.15, -0.1) is 0 Å². The van der Waals surface area contributed by atoms with Crippen LogP contribution >= 0.6 is 0 Å². The molecule has 0 unspecified atom stereocenters. The van der Waals surface area contributed by atoms with Crippen LogP contribution in [0.2, 0.25) is 0 Å². The van der Waals surface area contributed by atoms with E-state index in [4.69, 9.17) is 0 Å². The molecular formula is C11H6F6N2O3. The van der Waals surface area contributed by atoms with Crippen LogP contribution in [0.1, 0.15) is 23.1 Å². The quantitative estimate of drug-likeness (QED) is 0.487. The van der Waals surface area contributed by atoms with E-state index in [9.17, 15) is 41.3 Å². The number of nitro benzene ring substituents is 1. The van der Waals surface area contributed by atoms with Gasteiger partial charge in [0.15, 0.2) is 0 Å². The van der Waals surface area contributed by atoms with Crippen molar-refractivity contribution in [3.05, 3.63) is 32.9 Å². The topological polar surface area (TPSA) is 72.2 Å². The first-order chi connectivity index (χ1) is 9.93. The summed E-state index contributed by atoms with van der Waals surface area (Å²) in [6.45, 7) is 0. The van der Waals surface area contributed by atoms with Crippen LogP contribution in [0, 0.1) is 10.1 Å². The Kier molecular flexibility index (Phi) is 3.54. The number of carbonyl (C=O) groups is 1. The van der Waals surface area contributed by atoms with E-state index in [1.54, 1.807) is 5.32 Å². The van der Waals surface area contributed by atoms with Crippen molar-refractivity contribution in [1.29, 1.82) is 0 Å². The van der Waals surface area contributed by atoms with Gasteiger partial charge in [0.2, 0.25) is 5.91 Å². The molecule has 1 aromatic carbocycles. The summed E-state index contributed by atoms with van der Waals surface area (Å²) in [7, 11) is 0. The van der Waals surface area contributed by atoms with Crippen LogP contribution in [-0.2, 0) is 23.6 Å². The number of nitrogens with zero attached hydrogens (tertiary/aromatic N) is 1. The van der Waals surface area contributed by atoms with Gasteiger partial charge in [0.1, 0.15) is 5.56 Å². The Bertz CT molecular complexity index is 665. The standard InChI is InChI=1S/C11H6F6N2O3/c12-10(13,14)7-5(19(21)22)3-4-1-2-6(20)18-9(4)8(7)11(15,16)17/h3H,1-2H2,(H,18,20). The van der Waals surface area contributed by atoms with E-state index in [2.05, 4.69) is 0 Å². The minimum absolute atomic E-state index is 0.271. The summed E-state index contributed by atoms with van der Waals surface area (Å²) in [4.78, 5) is 20.4. The minimum Gasteiger partial charge on any atom is -0.325 e. The number of carbonyl (C=O) groups excluding carboxylic acids is 1. The molecule has 22 heavy (non-hydrogen) atoms. The second kappa shape index (κ2) is 4.85. The molecule has 0 bridgehead atoms. The average molecular weight is 328 g/mol. The van der Waals surface area contributed by atoms with Crippen molar-refractivity contribution in [3.8, 4) is 0 Å². The number of aryl methyl sites for hydroxylation is 1. The van der Waals surface area contributed by atoms with Gasteiger partial charge in [-0.05, 0) is 12.0 Å². The first-order valence-corrected chi connectivity index (χ1v) is 5.71. The summed E-state index contributed by atoms with van der Waals surface area (Å²) < 4.78 is 78.0. The highest BCUT2D eigenvalue weighted by molar-refractivity contribution is 5.95. The highest BCUT2D eigenvalue weighted by Gasteiger charge is 2.51. The number of amides is 1. The Labute approximate surface area is 118 Å². The zero-order chi connectivity index (χ0) is 16.9. The molecular weight excluding hydrogens is 322 g/mol. The fraction of sp³-hybridized carbons (Fsp3) is 0.364. The number of rotatable bonds is 1. The number of benzene rings is 1. The lowest BCUT2D eigenvalue weighted by Gasteiger charge is -2.24. The fourth-order valence-corrected chi connectivity index (χ4v) is 2.23. The van der Waals surface area contributed by atoms with Crippen LogP contribution in [0.25, 0.3) is 0 Å². The molecule has 0 spiro atoms. The lowest BCUT2D eigenvalue weighted by Crippen LogP contribution is -2.27. The van der Waals surface area contributed by atoms with Crippen molar-refractivity contribution in [1.82, 2.24) is 0 Å². The average Bonchev–Trinajstić information content (AvgIpc) is 2.33. The van der Waals surface area contributed by atoms with Crippen molar-refractivity contribution >= 4 is 17.3 Å². The van der Waals surface area contributed by atoms with Gasteiger partial charge in [-0.1, -0.05) is 0 Å². The molecule has 0 saturated carbocycles. The van der Waals surface area contributed by atoms with Crippen LogP contribution in [0.15, 0.2) is 6.07 Å². The molecule has 1 aliphatic heterocycles. The van der Waals surface area contributed by atoms with Crippen molar-refractivity contribution in [2.45, 2.75) is 25.2 Å². The Hall–Kier alpha value is -2.33. The second-order valence-electron chi connectivity index (χ2n) is 4.48. The highest BCUT2D eigenvalue weighted by Crippen LogP contribution is 2.50. The summed E-state index contributed by atoms with van der Waals surface area (Å²) in [5, 5.41) is 12.5. The van der Waals surface area contributed by atoms with E-state index >= 15 is 0 Å². The molecule has 1 aliphatic rings. The maximum Gasteiger partial charge on any atom is 0.423 e. The second-order valence-corrected chi connectivity index (χ2v) is 4.48. The van der Waals surface area contributed by atoms with Gasteiger partial charge in [0.05, 0.1) is 16.2 Å². The Morgan fingerprint density at radius 2 is 1.59 bits per heavy atom. The summed E-state index contributed by atoms with van der Waals surface area (Å²) in [5.74, 6) is -0.889. The molecule has 1 heterocycles. The molecule has 5 nitrogen and oxygen atoms in total. The number of alkyl halides is 6.